The Balaban J connectivity index is 2.21. The van der Waals surface area contributed by atoms with Crippen LogP contribution in [0.1, 0.15) is 38.3 Å². The number of fused-ring (bicyclic) bond motifs is 1. The van der Waals surface area contributed by atoms with Crippen molar-refractivity contribution in [1.29, 1.82) is 5.26 Å². The number of halogens is 1. The fourth-order valence-electron chi connectivity index (χ4n) is 3.10. The summed E-state index contributed by atoms with van der Waals surface area (Å²) in [7, 11) is 0. The number of nitrogens with two attached hydrogens (primary N) is 1. The molecule has 1 atom stereocenters. The number of esters is 1. The van der Waals surface area contributed by atoms with Gasteiger partial charge in [0.15, 0.2) is 5.17 Å². The van der Waals surface area contributed by atoms with E-state index in [2.05, 4.69) is 11.1 Å². The van der Waals surface area contributed by atoms with E-state index in [4.69, 9.17) is 22.1 Å². The summed E-state index contributed by atoms with van der Waals surface area (Å²) in [6.45, 7) is 4.05. The molecule has 0 saturated heterocycles. The zero-order chi connectivity index (χ0) is 19.6. The zero-order valence-corrected chi connectivity index (χ0v) is 16.6. The van der Waals surface area contributed by atoms with Gasteiger partial charge in [-0.15, -0.1) is 0 Å². The zero-order valence-electron chi connectivity index (χ0n) is 15.0. The van der Waals surface area contributed by atoms with Crippen molar-refractivity contribution < 1.29 is 9.53 Å². The first-order valence-electron chi connectivity index (χ1n) is 8.63. The molecule has 3 rings (SSSR count). The molecule has 0 aromatic heterocycles. The number of carbonyl (C=O) groups excluding carboxylic acids is 1. The van der Waals surface area contributed by atoms with Crippen LogP contribution >= 0.6 is 23.4 Å². The van der Waals surface area contributed by atoms with E-state index < -0.39 is 12.0 Å². The molecule has 6 nitrogen and oxygen atoms in total. The smallest absolute Gasteiger partial charge is 0.338 e. The number of hydrogen-bond acceptors (Lipinski definition) is 7. The molecule has 0 unspecified atom stereocenters. The number of nitrogens with zero attached hydrogens (tertiary/aromatic N) is 3. The van der Waals surface area contributed by atoms with Crippen molar-refractivity contribution in [2.75, 3.05) is 6.61 Å². The number of amidine groups is 1. The standard InChI is InChI=1S/C19H19ClN4O2S/c1-3-5-13-15(18(25)26-4-2)16(11-6-8-12(20)9-7-11)24-17(22)14(10-21)27-19(24)23-13/h6-9,16H,3-5,22H2,1-2H3/t16-/m1/s1. The van der Waals surface area contributed by atoms with Gasteiger partial charge in [-0.05, 0) is 42.8 Å². The first-order chi connectivity index (χ1) is 13.0. The van der Waals surface area contributed by atoms with E-state index >= 15 is 0 Å². The van der Waals surface area contributed by atoms with Gasteiger partial charge in [0.25, 0.3) is 0 Å². The van der Waals surface area contributed by atoms with Crippen LogP contribution in [0.5, 0.6) is 0 Å². The Morgan fingerprint density at radius 2 is 2.11 bits per heavy atom. The minimum atomic E-state index is -0.520. The molecule has 0 radical (unpaired) electrons. The van der Waals surface area contributed by atoms with Crippen LogP contribution < -0.4 is 5.73 Å². The van der Waals surface area contributed by atoms with E-state index in [0.717, 1.165) is 12.0 Å². The number of carbonyl (C=O) groups is 1. The summed E-state index contributed by atoms with van der Waals surface area (Å²) in [4.78, 5) is 19.6. The van der Waals surface area contributed by atoms with Gasteiger partial charge in [-0.25, -0.2) is 9.79 Å². The van der Waals surface area contributed by atoms with E-state index in [-0.39, 0.29) is 6.61 Å². The summed E-state index contributed by atoms with van der Waals surface area (Å²) < 4.78 is 5.32. The molecule has 2 heterocycles. The van der Waals surface area contributed by atoms with E-state index in [0.29, 0.717) is 38.6 Å². The number of allylic oxidation sites excluding steroid dienone is 2. The van der Waals surface area contributed by atoms with Crippen molar-refractivity contribution in [2.24, 2.45) is 10.7 Å². The fraction of sp³-hybridized carbons (Fsp3) is 0.316. The van der Waals surface area contributed by atoms with Crippen LogP contribution in [0.15, 0.2) is 51.3 Å². The highest BCUT2D eigenvalue weighted by Gasteiger charge is 2.43. The quantitative estimate of drug-likeness (QED) is 0.746. The maximum absolute atomic E-state index is 12.8. The summed E-state index contributed by atoms with van der Waals surface area (Å²) in [6.07, 6.45) is 1.44. The van der Waals surface area contributed by atoms with Gasteiger partial charge in [-0.3, -0.25) is 4.90 Å². The summed E-state index contributed by atoms with van der Waals surface area (Å²) in [5.74, 6) is -0.134. The number of hydrogen-bond donors (Lipinski definition) is 1. The van der Waals surface area contributed by atoms with E-state index in [1.165, 1.54) is 11.8 Å². The second-order valence-electron chi connectivity index (χ2n) is 5.98. The van der Waals surface area contributed by atoms with Crippen LogP contribution in [0, 0.1) is 11.3 Å². The van der Waals surface area contributed by atoms with Crippen molar-refractivity contribution in [3.05, 3.63) is 56.8 Å². The molecule has 0 amide bonds. The van der Waals surface area contributed by atoms with Crippen molar-refractivity contribution in [3.63, 3.8) is 0 Å². The monoisotopic (exact) mass is 402 g/mol. The third-order valence-electron chi connectivity index (χ3n) is 4.23. The van der Waals surface area contributed by atoms with Gasteiger partial charge in [-0.2, -0.15) is 5.26 Å². The molecule has 0 bridgehead atoms. The predicted molar refractivity (Wildman–Crippen MR) is 106 cm³/mol. The highest BCUT2D eigenvalue weighted by atomic mass is 35.5. The Hall–Kier alpha value is -2.43. The van der Waals surface area contributed by atoms with Crippen molar-refractivity contribution >= 4 is 34.5 Å². The van der Waals surface area contributed by atoms with Crippen LogP contribution in [0.4, 0.5) is 0 Å². The summed E-state index contributed by atoms with van der Waals surface area (Å²) in [6, 6.07) is 8.81. The van der Waals surface area contributed by atoms with Gasteiger partial charge in [-0.1, -0.05) is 37.1 Å². The maximum Gasteiger partial charge on any atom is 0.338 e. The lowest BCUT2D eigenvalue weighted by Crippen LogP contribution is -2.39. The van der Waals surface area contributed by atoms with Gasteiger partial charge in [0.05, 0.1) is 23.9 Å². The third-order valence-corrected chi connectivity index (χ3v) is 5.46. The SMILES string of the molecule is CCCC1=C(C(=O)OCC)[C@@H](c2ccc(Cl)cc2)N2C(=N1)SC(C#N)=C2N. The fourth-order valence-corrected chi connectivity index (χ4v) is 4.12. The Kier molecular flexibility index (Phi) is 5.78. The number of ether oxygens (including phenoxy) is 1. The lowest BCUT2D eigenvalue weighted by Gasteiger charge is -2.35. The summed E-state index contributed by atoms with van der Waals surface area (Å²) in [5, 5.41) is 10.6. The topological polar surface area (TPSA) is 91.7 Å². The summed E-state index contributed by atoms with van der Waals surface area (Å²) in [5.41, 5.74) is 8.18. The highest BCUT2D eigenvalue weighted by molar-refractivity contribution is 8.17. The Morgan fingerprint density at radius 1 is 1.41 bits per heavy atom. The average molecular weight is 403 g/mol. The molecule has 0 fully saturated rings. The Morgan fingerprint density at radius 3 is 2.70 bits per heavy atom. The molecule has 27 heavy (non-hydrogen) atoms. The predicted octanol–water partition coefficient (Wildman–Crippen LogP) is 4.07. The molecule has 8 heteroatoms. The first kappa shape index (κ1) is 19.3. The lowest BCUT2D eigenvalue weighted by molar-refractivity contribution is -0.139. The molecule has 0 aliphatic carbocycles. The Bertz CT molecular complexity index is 899. The van der Waals surface area contributed by atoms with Gasteiger partial charge in [0.1, 0.15) is 16.8 Å². The number of benzene rings is 1. The highest BCUT2D eigenvalue weighted by Crippen LogP contribution is 2.46. The van der Waals surface area contributed by atoms with Gasteiger partial charge in [0.2, 0.25) is 0 Å². The minimum absolute atomic E-state index is 0.259. The number of aliphatic imine (C=N–C) groups is 1. The van der Waals surface area contributed by atoms with Crippen LogP contribution in [-0.4, -0.2) is 22.6 Å². The van der Waals surface area contributed by atoms with E-state index in [1.807, 2.05) is 19.1 Å². The number of rotatable bonds is 5. The average Bonchev–Trinajstić information content (AvgIpc) is 2.97. The third kappa shape index (κ3) is 3.55. The number of thioether (sulfide) groups is 1. The lowest BCUT2D eigenvalue weighted by atomic mass is 9.93. The molecule has 0 saturated carbocycles. The molecule has 140 valence electrons. The molecule has 1 aromatic carbocycles. The summed E-state index contributed by atoms with van der Waals surface area (Å²) >= 11 is 7.26. The second-order valence-corrected chi connectivity index (χ2v) is 7.39. The van der Waals surface area contributed by atoms with Crippen molar-refractivity contribution in [3.8, 4) is 6.07 Å². The van der Waals surface area contributed by atoms with Crippen LogP contribution in [0.2, 0.25) is 5.02 Å². The molecule has 1 aromatic rings. The number of nitriles is 1. The van der Waals surface area contributed by atoms with Crippen LogP contribution in [-0.2, 0) is 9.53 Å². The molecule has 2 N–H and O–H groups in total. The molecule has 2 aliphatic rings. The molecule has 2 aliphatic heterocycles. The molecular weight excluding hydrogens is 384 g/mol. The van der Waals surface area contributed by atoms with Gasteiger partial charge in [0, 0.05) is 5.02 Å². The van der Waals surface area contributed by atoms with Gasteiger partial charge < -0.3 is 10.5 Å². The van der Waals surface area contributed by atoms with Gasteiger partial charge >= 0.3 is 5.97 Å². The van der Waals surface area contributed by atoms with Crippen LogP contribution in [0.3, 0.4) is 0 Å². The van der Waals surface area contributed by atoms with E-state index in [1.54, 1.807) is 24.0 Å². The van der Waals surface area contributed by atoms with Crippen molar-refractivity contribution in [1.82, 2.24) is 4.90 Å². The minimum Gasteiger partial charge on any atom is -0.463 e. The largest absolute Gasteiger partial charge is 0.463 e. The molecular formula is C19H19ClN4O2S. The van der Waals surface area contributed by atoms with E-state index in [9.17, 15) is 10.1 Å². The maximum atomic E-state index is 12.8. The normalized spacial score (nSPS) is 19.0. The molecule has 0 spiro atoms. The van der Waals surface area contributed by atoms with Crippen LogP contribution in [0.25, 0.3) is 0 Å². The second kappa shape index (κ2) is 8.07. The Labute approximate surface area is 167 Å². The first-order valence-corrected chi connectivity index (χ1v) is 9.82. The van der Waals surface area contributed by atoms with Crippen molar-refractivity contribution in [2.45, 2.75) is 32.7 Å².